The molecular weight excluding hydrogens is 312 g/mol. The molecule has 0 spiro atoms. The fourth-order valence-electron chi connectivity index (χ4n) is 1.16. The van der Waals surface area contributed by atoms with Crippen molar-refractivity contribution in [1.29, 1.82) is 0 Å². The van der Waals surface area contributed by atoms with Crippen molar-refractivity contribution in [2.24, 2.45) is 0 Å². The first-order valence-electron chi connectivity index (χ1n) is 4.57. The van der Waals surface area contributed by atoms with Gasteiger partial charge in [0.1, 0.15) is 0 Å². The van der Waals surface area contributed by atoms with E-state index in [2.05, 4.69) is 26.2 Å². The van der Waals surface area contributed by atoms with Crippen molar-refractivity contribution < 1.29 is 4.79 Å². The number of carbonyl (C=O) groups is 1. The second-order valence-electron chi connectivity index (χ2n) is 3.24. The quantitative estimate of drug-likeness (QED) is 0.858. The van der Waals surface area contributed by atoms with Crippen LogP contribution in [0.1, 0.15) is 6.92 Å². The Morgan fingerprint density at radius 3 is 3.06 bits per heavy atom. The molecule has 84 valence electrons. The Kier molecular flexibility index (Phi) is 3.47. The molecule has 0 saturated carbocycles. The highest BCUT2D eigenvalue weighted by Crippen LogP contribution is 2.28. The van der Waals surface area contributed by atoms with Gasteiger partial charge in [0.05, 0.1) is 15.0 Å². The van der Waals surface area contributed by atoms with E-state index in [4.69, 9.17) is 11.6 Å². The van der Waals surface area contributed by atoms with Gasteiger partial charge in [0.2, 0.25) is 5.91 Å². The highest BCUT2D eigenvalue weighted by atomic mass is 79.9. The molecule has 0 radical (unpaired) electrons. The molecule has 0 aliphatic heterocycles. The van der Waals surface area contributed by atoms with Crippen LogP contribution in [0.3, 0.4) is 0 Å². The molecule has 2 aromatic rings. The molecule has 1 heterocycles. The Morgan fingerprint density at radius 1 is 1.62 bits per heavy atom. The number of halogens is 2. The van der Waals surface area contributed by atoms with Crippen LogP contribution >= 0.6 is 38.9 Å². The Morgan fingerprint density at radius 2 is 2.38 bits per heavy atom. The van der Waals surface area contributed by atoms with Gasteiger partial charge in [-0.25, -0.2) is 4.98 Å². The molecule has 1 N–H and O–H groups in total. The van der Waals surface area contributed by atoms with Crippen molar-refractivity contribution in [2.75, 3.05) is 5.32 Å². The summed E-state index contributed by atoms with van der Waals surface area (Å²) in [6.07, 6.45) is 0. The van der Waals surface area contributed by atoms with Gasteiger partial charge in [-0.15, -0.1) is 0 Å². The lowest BCUT2D eigenvalue weighted by Gasteiger charge is -2.01. The van der Waals surface area contributed by atoms with Gasteiger partial charge in [-0.2, -0.15) is 0 Å². The third-order valence-electron chi connectivity index (χ3n) is 1.94. The number of hydrogen-bond acceptors (Lipinski definition) is 3. The molecule has 16 heavy (non-hydrogen) atoms. The number of nitrogens with zero attached hydrogens (tertiary/aromatic N) is 1. The lowest BCUT2D eigenvalue weighted by molar-refractivity contribution is -0.115. The van der Waals surface area contributed by atoms with Gasteiger partial charge in [-0.3, -0.25) is 4.79 Å². The van der Waals surface area contributed by atoms with Crippen molar-refractivity contribution in [2.45, 2.75) is 11.8 Å². The average Bonchev–Trinajstić information content (AvgIpc) is 2.58. The average molecular weight is 320 g/mol. The van der Waals surface area contributed by atoms with Crippen LogP contribution in [0.25, 0.3) is 10.2 Å². The van der Waals surface area contributed by atoms with Gasteiger partial charge in [-0.05, 0) is 25.1 Å². The summed E-state index contributed by atoms with van der Waals surface area (Å²) in [4.78, 5) is 15.5. The molecule has 0 saturated heterocycles. The van der Waals surface area contributed by atoms with Crippen molar-refractivity contribution >= 4 is 60.1 Å². The van der Waals surface area contributed by atoms with Crippen LogP contribution in [0.2, 0.25) is 5.02 Å². The van der Waals surface area contributed by atoms with E-state index in [1.165, 1.54) is 11.3 Å². The summed E-state index contributed by atoms with van der Waals surface area (Å²) in [6, 6.07) is 5.45. The normalized spacial score (nSPS) is 12.7. The maximum atomic E-state index is 11.4. The van der Waals surface area contributed by atoms with E-state index in [1.54, 1.807) is 13.0 Å². The Bertz CT molecular complexity index is 541. The van der Waals surface area contributed by atoms with E-state index in [9.17, 15) is 4.79 Å². The number of nitrogens with one attached hydrogen (secondary N) is 1. The minimum atomic E-state index is -0.233. The van der Waals surface area contributed by atoms with Crippen LogP contribution in [0.15, 0.2) is 18.2 Å². The maximum absolute atomic E-state index is 11.4. The third kappa shape index (κ3) is 2.53. The van der Waals surface area contributed by atoms with E-state index < -0.39 is 0 Å². The second kappa shape index (κ2) is 4.69. The first-order chi connectivity index (χ1) is 7.56. The summed E-state index contributed by atoms with van der Waals surface area (Å²) in [5.41, 5.74) is 0.840. The number of alkyl halides is 1. The smallest absolute Gasteiger partial charge is 0.239 e. The molecule has 0 bridgehead atoms. The van der Waals surface area contributed by atoms with Gasteiger partial charge in [0.25, 0.3) is 0 Å². The molecule has 1 aromatic heterocycles. The molecule has 1 aromatic carbocycles. The monoisotopic (exact) mass is 318 g/mol. The molecule has 1 unspecified atom stereocenters. The maximum Gasteiger partial charge on any atom is 0.239 e. The zero-order valence-electron chi connectivity index (χ0n) is 8.33. The number of fused-ring (bicyclic) bond motifs is 1. The Hall–Kier alpha value is -0.650. The lowest BCUT2D eigenvalue weighted by Crippen LogP contribution is -2.19. The molecule has 0 aliphatic carbocycles. The fourth-order valence-corrected chi connectivity index (χ4v) is 2.42. The largest absolute Gasteiger partial charge is 0.301 e. The van der Waals surface area contributed by atoms with Crippen LogP contribution in [-0.4, -0.2) is 15.7 Å². The van der Waals surface area contributed by atoms with Crippen molar-refractivity contribution in [3.63, 3.8) is 0 Å². The van der Waals surface area contributed by atoms with E-state index in [0.29, 0.717) is 10.2 Å². The number of anilines is 1. The van der Waals surface area contributed by atoms with Gasteiger partial charge in [0.15, 0.2) is 5.13 Å². The summed E-state index contributed by atoms with van der Waals surface area (Å²) < 4.78 is 0.963. The first kappa shape index (κ1) is 11.8. The molecule has 0 aliphatic rings. The molecule has 1 atom stereocenters. The number of rotatable bonds is 2. The molecular formula is C10H8BrClN2OS. The lowest BCUT2D eigenvalue weighted by atomic mass is 10.3. The summed E-state index contributed by atoms with van der Waals surface area (Å²) in [5, 5.41) is 3.99. The van der Waals surface area contributed by atoms with Crippen LogP contribution in [0, 0.1) is 0 Å². The topological polar surface area (TPSA) is 42.0 Å². The van der Waals surface area contributed by atoms with E-state index in [0.717, 1.165) is 10.2 Å². The van der Waals surface area contributed by atoms with Gasteiger partial charge >= 0.3 is 0 Å². The Labute approximate surface area is 110 Å². The van der Waals surface area contributed by atoms with E-state index >= 15 is 0 Å². The minimum Gasteiger partial charge on any atom is -0.301 e. The van der Waals surface area contributed by atoms with Gasteiger partial charge in [-0.1, -0.05) is 38.9 Å². The predicted octanol–water partition coefficient (Wildman–Crippen LogP) is 3.67. The molecule has 2 rings (SSSR count). The highest BCUT2D eigenvalue weighted by molar-refractivity contribution is 9.10. The van der Waals surface area contributed by atoms with Gasteiger partial charge < -0.3 is 5.32 Å². The highest BCUT2D eigenvalue weighted by Gasteiger charge is 2.11. The minimum absolute atomic E-state index is 0.106. The summed E-state index contributed by atoms with van der Waals surface area (Å²) in [6.45, 7) is 1.76. The van der Waals surface area contributed by atoms with Gasteiger partial charge in [0, 0.05) is 5.02 Å². The van der Waals surface area contributed by atoms with Crippen molar-refractivity contribution in [3.8, 4) is 0 Å². The number of hydrogen-bond donors (Lipinski definition) is 1. The number of carbonyl (C=O) groups excluding carboxylic acids is 1. The standard InChI is InChI=1S/C10H8BrClN2OS/c1-5(11)9(15)14-10-13-7-3-2-6(12)4-8(7)16-10/h2-5H,1H3,(H,13,14,15). The van der Waals surface area contributed by atoms with Crippen LogP contribution in [0.4, 0.5) is 5.13 Å². The first-order valence-corrected chi connectivity index (χ1v) is 6.68. The Balaban J connectivity index is 2.29. The SMILES string of the molecule is CC(Br)C(=O)Nc1nc2ccc(Cl)cc2s1. The fraction of sp³-hybridized carbons (Fsp3) is 0.200. The zero-order chi connectivity index (χ0) is 11.7. The number of thiazole rings is 1. The number of benzene rings is 1. The van der Waals surface area contributed by atoms with Crippen molar-refractivity contribution in [1.82, 2.24) is 4.98 Å². The predicted molar refractivity (Wildman–Crippen MR) is 71.6 cm³/mol. The second-order valence-corrected chi connectivity index (χ2v) is 6.08. The molecule has 6 heteroatoms. The van der Waals surface area contributed by atoms with E-state index in [-0.39, 0.29) is 10.7 Å². The number of amides is 1. The zero-order valence-corrected chi connectivity index (χ0v) is 11.5. The summed E-state index contributed by atoms with van der Waals surface area (Å²) in [5.74, 6) is -0.106. The van der Waals surface area contributed by atoms with Crippen LogP contribution in [0.5, 0.6) is 0 Å². The number of aromatic nitrogens is 1. The van der Waals surface area contributed by atoms with E-state index in [1.807, 2.05) is 12.1 Å². The third-order valence-corrected chi connectivity index (χ3v) is 3.53. The summed E-state index contributed by atoms with van der Waals surface area (Å²) in [7, 11) is 0. The van der Waals surface area contributed by atoms with Crippen molar-refractivity contribution in [3.05, 3.63) is 23.2 Å². The van der Waals surface area contributed by atoms with Crippen LogP contribution < -0.4 is 5.32 Å². The summed E-state index contributed by atoms with van der Waals surface area (Å²) >= 11 is 10.5. The molecule has 3 nitrogen and oxygen atoms in total. The van der Waals surface area contributed by atoms with Crippen LogP contribution in [-0.2, 0) is 4.79 Å². The molecule has 1 amide bonds. The molecule has 0 fully saturated rings.